The Bertz CT molecular complexity index is 855. The molecule has 0 aromatic heterocycles. The van der Waals surface area contributed by atoms with Crippen molar-refractivity contribution in [3.05, 3.63) is 59.1 Å². The van der Waals surface area contributed by atoms with Gasteiger partial charge in [0.2, 0.25) is 11.8 Å². The van der Waals surface area contributed by atoms with E-state index < -0.39 is 6.04 Å². The van der Waals surface area contributed by atoms with E-state index in [1.807, 2.05) is 50.2 Å². The Morgan fingerprint density at radius 1 is 1.03 bits per heavy atom. The Hall–Kier alpha value is -2.73. The normalized spacial score (nSPS) is 12.5. The molecule has 174 valence electrons. The smallest absolute Gasteiger partial charge is 0.242 e. The molecule has 2 amide bonds. The van der Waals surface area contributed by atoms with Crippen molar-refractivity contribution in [2.24, 2.45) is 0 Å². The van der Waals surface area contributed by atoms with E-state index in [2.05, 4.69) is 5.32 Å². The summed E-state index contributed by atoms with van der Waals surface area (Å²) < 4.78 is 10.9. The number of nitrogens with one attached hydrogen (secondary N) is 1. The fourth-order valence-electron chi connectivity index (χ4n) is 3.06. The van der Waals surface area contributed by atoms with E-state index in [1.165, 1.54) is 0 Å². The molecule has 0 bridgehead atoms. The summed E-state index contributed by atoms with van der Waals surface area (Å²) in [6.45, 7) is 6.46. The molecule has 6 nitrogen and oxygen atoms in total. The average Bonchev–Trinajstić information content (AvgIpc) is 2.81. The quantitative estimate of drug-likeness (QED) is 0.460. The lowest BCUT2D eigenvalue weighted by Gasteiger charge is -2.29. The number of amides is 2. The van der Waals surface area contributed by atoms with Crippen molar-refractivity contribution >= 4 is 23.4 Å². The summed E-state index contributed by atoms with van der Waals surface area (Å²) in [6, 6.07) is 14.1. The summed E-state index contributed by atoms with van der Waals surface area (Å²) in [5.41, 5.74) is 0.917. The lowest BCUT2D eigenvalue weighted by molar-refractivity contribution is -0.141. The minimum absolute atomic E-state index is 0.0512. The van der Waals surface area contributed by atoms with E-state index in [0.29, 0.717) is 24.6 Å². The van der Waals surface area contributed by atoms with Crippen molar-refractivity contribution in [2.75, 3.05) is 13.7 Å². The highest BCUT2D eigenvalue weighted by Crippen LogP contribution is 2.18. The van der Waals surface area contributed by atoms with Gasteiger partial charge in [0, 0.05) is 24.0 Å². The van der Waals surface area contributed by atoms with Crippen LogP contribution in [0.25, 0.3) is 0 Å². The van der Waals surface area contributed by atoms with Crippen molar-refractivity contribution in [1.29, 1.82) is 0 Å². The molecule has 0 aliphatic carbocycles. The van der Waals surface area contributed by atoms with Crippen LogP contribution in [0.4, 0.5) is 0 Å². The van der Waals surface area contributed by atoms with Gasteiger partial charge in [-0.05, 0) is 68.7 Å². The fourth-order valence-corrected chi connectivity index (χ4v) is 3.19. The second kappa shape index (κ2) is 13.0. The highest BCUT2D eigenvalue weighted by molar-refractivity contribution is 6.30. The largest absolute Gasteiger partial charge is 0.497 e. The molecule has 2 unspecified atom stereocenters. The second-order valence-corrected chi connectivity index (χ2v) is 8.21. The van der Waals surface area contributed by atoms with E-state index >= 15 is 0 Å². The molecule has 0 aliphatic heterocycles. The van der Waals surface area contributed by atoms with Gasteiger partial charge in [-0.2, -0.15) is 0 Å². The number of carbonyl (C=O) groups excluding carboxylic acids is 2. The Labute approximate surface area is 195 Å². The lowest BCUT2D eigenvalue weighted by atomic mass is 10.1. The van der Waals surface area contributed by atoms with Crippen LogP contribution in [0, 0.1) is 0 Å². The number of carbonyl (C=O) groups is 2. The molecule has 0 saturated heterocycles. The minimum atomic E-state index is -0.588. The van der Waals surface area contributed by atoms with Crippen LogP contribution in [0.5, 0.6) is 11.5 Å². The van der Waals surface area contributed by atoms with E-state index in [-0.39, 0.29) is 24.3 Å². The second-order valence-electron chi connectivity index (χ2n) is 7.77. The third kappa shape index (κ3) is 8.08. The van der Waals surface area contributed by atoms with Gasteiger partial charge in [0.1, 0.15) is 17.5 Å². The first-order valence-electron chi connectivity index (χ1n) is 10.9. The molecule has 7 heteroatoms. The maximum Gasteiger partial charge on any atom is 0.242 e. The van der Waals surface area contributed by atoms with Crippen LogP contribution in [0.15, 0.2) is 48.5 Å². The molecular formula is C25H33ClN2O4. The highest BCUT2D eigenvalue weighted by Gasteiger charge is 2.26. The van der Waals surface area contributed by atoms with Gasteiger partial charge in [0.15, 0.2) is 0 Å². The molecule has 0 fully saturated rings. The van der Waals surface area contributed by atoms with E-state index in [0.717, 1.165) is 23.5 Å². The SMILES string of the molecule is CCC(C)NC(=O)C(C)N(Cc1ccc(Cl)cc1)C(=O)CCCOc1ccc(OC)cc1. The van der Waals surface area contributed by atoms with Crippen LogP contribution >= 0.6 is 11.6 Å². The molecule has 2 aromatic rings. The first kappa shape index (κ1) is 25.5. The van der Waals surface area contributed by atoms with Gasteiger partial charge in [-0.25, -0.2) is 0 Å². The van der Waals surface area contributed by atoms with E-state index in [4.69, 9.17) is 21.1 Å². The number of methoxy groups -OCH3 is 1. The van der Waals surface area contributed by atoms with E-state index in [9.17, 15) is 9.59 Å². The first-order valence-corrected chi connectivity index (χ1v) is 11.3. The number of halogens is 1. The summed E-state index contributed by atoms with van der Waals surface area (Å²) >= 11 is 5.98. The van der Waals surface area contributed by atoms with Gasteiger partial charge in [0.25, 0.3) is 0 Å². The highest BCUT2D eigenvalue weighted by atomic mass is 35.5. The van der Waals surface area contributed by atoms with Crippen LogP contribution in [-0.4, -0.2) is 42.5 Å². The number of rotatable bonds is 12. The van der Waals surface area contributed by atoms with Gasteiger partial charge < -0.3 is 19.7 Å². The number of ether oxygens (including phenoxy) is 2. The summed E-state index contributed by atoms with van der Waals surface area (Å²) in [6.07, 6.45) is 1.65. The Morgan fingerprint density at radius 2 is 1.66 bits per heavy atom. The van der Waals surface area contributed by atoms with Gasteiger partial charge in [-0.3, -0.25) is 9.59 Å². The van der Waals surface area contributed by atoms with Gasteiger partial charge in [-0.15, -0.1) is 0 Å². The third-order valence-corrected chi connectivity index (χ3v) is 5.55. The fraction of sp³-hybridized carbons (Fsp3) is 0.440. The number of hydrogen-bond donors (Lipinski definition) is 1. The summed E-state index contributed by atoms with van der Waals surface area (Å²) in [5, 5.41) is 3.60. The molecule has 0 saturated carbocycles. The third-order valence-electron chi connectivity index (χ3n) is 5.30. The maximum atomic E-state index is 13.1. The van der Waals surface area contributed by atoms with Gasteiger partial charge >= 0.3 is 0 Å². The molecule has 32 heavy (non-hydrogen) atoms. The summed E-state index contributed by atoms with van der Waals surface area (Å²) in [7, 11) is 1.61. The summed E-state index contributed by atoms with van der Waals surface area (Å²) in [5.74, 6) is 1.23. The zero-order valence-electron chi connectivity index (χ0n) is 19.3. The van der Waals surface area contributed by atoms with Gasteiger partial charge in [0.05, 0.1) is 13.7 Å². The van der Waals surface area contributed by atoms with Crippen LogP contribution < -0.4 is 14.8 Å². The molecule has 2 rings (SSSR count). The zero-order chi connectivity index (χ0) is 23.5. The van der Waals surface area contributed by atoms with Crippen molar-refractivity contribution in [2.45, 2.75) is 58.7 Å². The first-order chi connectivity index (χ1) is 15.3. The molecule has 0 spiro atoms. The van der Waals surface area contributed by atoms with Crippen molar-refractivity contribution < 1.29 is 19.1 Å². The predicted molar refractivity (Wildman–Crippen MR) is 127 cm³/mol. The van der Waals surface area contributed by atoms with Crippen molar-refractivity contribution in [3.63, 3.8) is 0 Å². The summed E-state index contributed by atoms with van der Waals surface area (Å²) in [4.78, 5) is 27.4. The number of benzene rings is 2. The Kier molecular flexibility index (Phi) is 10.3. The molecular weight excluding hydrogens is 428 g/mol. The monoisotopic (exact) mass is 460 g/mol. The predicted octanol–water partition coefficient (Wildman–Crippen LogP) is 4.84. The van der Waals surface area contributed by atoms with Crippen LogP contribution in [-0.2, 0) is 16.1 Å². The molecule has 2 atom stereocenters. The average molecular weight is 461 g/mol. The topological polar surface area (TPSA) is 67.9 Å². The van der Waals surface area contributed by atoms with Crippen molar-refractivity contribution in [3.8, 4) is 11.5 Å². The maximum absolute atomic E-state index is 13.1. The van der Waals surface area contributed by atoms with Crippen molar-refractivity contribution in [1.82, 2.24) is 10.2 Å². The lowest BCUT2D eigenvalue weighted by Crippen LogP contribution is -2.49. The number of hydrogen-bond acceptors (Lipinski definition) is 4. The zero-order valence-corrected chi connectivity index (χ0v) is 20.0. The van der Waals surface area contributed by atoms with Crippen LogP contribution in [0.2, 0.25) is 5.02 Å². The number of nitrogens with zero attached hydrogens (tertiary/aromatic N) is 1. The van der Waals surface area contributed by atoms with Crippen LogP contribution in [0.1, 0.15) is 45.6 Å². The van der Waals surface area contributed by atoms with E-state index in [1.54, 1.807) is 31.1 Å². The van der Waals surface area contributed by atoms with Crippen LogP contribution in [0.3, 0.4) is 0 Å². The Morgan fingerprint density at radius 3 is 2.25 bits per heavy atom. The molecule has 2 aromatic carbocycles. The minimum Gasteiger partial charge on any atom is -0.497 e. The van der Waals surface area contributed by atoms with Gasteiger partial charge in [-0.1, -0.05) is 30.7 Å². The molecule has 1 N–H and O–H groups in total. The molecule has 0 aliphatic rings. The molecule has 0 heterocycles. The molecule has 0 radical (unpaired) electrons. The Balaban J connectivity index is 1.98. The standard InChI is InChI=1S/C25H33ClN2O4/c1-5-18(2)27-25(30)19(3)28(17-20-8-10-21(26)11-9-20)24(29)7-6-16-32-23-14-12-22(31-4)13-15-23/h8-15,18-19H,5-7,16-17H2,1-4H3,(H,27,30).